The lowest BCUT2D eigenvalue weighted by atomic mass is 10.1. The fourth-order valence-electron chi connectivity index (χ4n) is 3.06. The second kappa shape index (κ2) is 7.47. The molecule has 1 aliphatic heterocycles. The second-order valence-electron chi connectivity index (χ2n) is 6.48. The summed E-state index contributed by atoms with van der Waals surface area (Å²) in [4.78, 5) is 27.9. The number of imide groups is 1. The van der Waals surface area contributed by atoms with Crippen LogP contribution in [0.5, 0.6) is 0 Å². The Balaban J connectivity index is 1.39. The summed E-state index contributed by atoms with van der Waals surface area (Å²) in [6.07, 6.45) is 0.372. The summed E-state index contributed by atoms with van der Waals surface area (Å²) in [5, 5.41) is 9.63. The van der Waals surface area contributed by atoms with Crippen molar-refractivity contribution >= 4 is 28.3 Å². The molecular weight excluding hydrogens is 379 g/mol. The number of carbonyl (C=O) groups is 2. The summed E-state index contributed by atoms with van der Waals surface area (Å²) in [7, 11) is 1.82. The van der Waals surface area contributed by atoms with Gasteiger partial charge in [0.25, 0.3) is 11.8 Å². The molecular formula is C20H17FN4O2S. The Kier molecular flexibility index (Phi) is 4.87. The molecule has 142 valence electrons. The van der Waals surface area contributed by atoms with Crippen molar-refractivity contribution in [1.29, 1.82) is 0 Å². The largest absolute Gasteiger partial charge is 0.348 e. The third-order valence-corrected chi connectivity index (χ3v) is 5.66. The summed E-state index contributed by atoms with van der Waals surface area (Å²) < 4.78 is 13.8. The van der Waals surface area contributed by atoms with E-state index in [0.717, 1.165) is 0 Å². The molecule has 8 heteroatoms. The highest BCUT2D eigenvalue weighted by molar-refractivity contribution is 7.15. The third-order valence-electron chi connectivity index (χ3n) is 4.62. The smallest absolute Gasteiger partial charge is 0.261 e. The molecule has 28 heavy (non-hydrogen) atoms. The minimum atomic E-state index is -0.272. The van der Waals surface area contributed by atoms with Crippen LogP contribution < -0.4 is 4.90 Å². The molecule has 1 aromatic heterocycles. The molecule has 0 saturated heterocycles. The fourth-order valence-corrected chi connectivity index (χ4v) is 3.91. The molecule has 2 aromatic carbocycles. The summed E-state index contributed by atoms with van der Waals surface area (Å²) >= 11 is 1.36. The van der Waals surface area contributed by atoms with Crippen molar-refractivity contribution < 1.29 is 14.0 Å². The maximum absolute atomic E-state index is 13.8. The van der Waals surface area contributed by atoms with Crippen LogP contribution in [0.3, 0.4) is 0 Å². The lowest BCUT2D eigenvalue weighted by Gasteiger charge is -2.19. The maximum atomic E-state index is 13.8. The molecule has 4 rings (SSSR count). The average Bonchev–Trinajstić information content (AvgIpc) is 3.26. The standard InChI is InChI=1S/C20H17FN4O2S/c1-24(10-11-25-18(26)14-7-3-4-8-15(14)19(25)27)20-23-22-17(28-20)12-13-6-2-5-9-16(13)21/h2-9H,10-12H2,1H3. The molecule has 3 aromatic rings. The first-order chi connectivity index (χ1) is 13.5. The Morgan fingerprint density at radius 2 is 1.64 bits per heavy atom. The Bertz CT molecular complexity index is 1020. The Hall–Kier alpha value is -3.13. The number of benzene rings is 2. The maximum Gasteiger partial charge on any atom is 0.261 e. The van der Waals surface area contributed by atoms with Crippen LogP contribution in [0.15, 0.2) is 48.5 Å². The van der Waals surface area contributed by atoms with E-state index in [4.69, 9.17) is 0 Å². The molecule has 0 N–H and O–H groups in total. The number of hydrogen-bond donors (Lipinski definition) is 0. The number of nitrogens with zero attached hydrogens (tertiary/aromatic N) is 4. The van der Waals surface area contributed by atoms with E-state index in [2.05, 4.69) is 10.2 Å². The summed E-state index contributed by atoms with van der Waals surface area (Å²) in [5.74, 6) is -0.809. The highest BCUT2D eigenvalue weighted by atomic mass is 32.1. The number of carbonyl (C=O) groups excluding carboxylic acids is 2. The lowest BCUT2D eigenvalue weighted by molar-refractivity contribution is 0.0658. The first kappa shape index (κ1) is 18.2. The van der Waals surface area contributed by atoms with E-state index in [-0.39, 0.29) is 24.2 Å². The number of rotatable bonds is 6. The molecule has 0 atom stereocenters. The van der Waals surface area contributed by atoms with E-state index in [0.29, 0.717) is 39.8 Å². The summed E-state index contributed by atoms with van der Waals surface area (Å²) in [6, 6.07) is 13.4. The number of likely N-dealkylation sites (N-methyl/N-ethyl adjacent to an activating group) is 1. The van der Waals surface area contributed by atoms with Gasteiger partial charge in [0.15, 0.2) is 0 Å². The predicted molar refractivity (Wildman–Crippen MR) is 104 cm³/mol. The van der Waals surface area contributed by atoms with Crippen molar-refractivity contribution in [3.8, 4) is 0 Å². The van der Waals surface area contributed by atoms with Crippen LogP contribution >= 0.6 is 11.3 Å². The van der Waals surface area contributed by atoms with Gasteiger partial charge in [0.05, 0.1) is 11.1 Å². The quantitative estimate of drug-likeness (QED) is 0.600. The molecule has 2 heterocycles. The second-order valence-corrected chi connectivity index (χ2v) is 7.52. The van der Waals surface area contributed by atoms with Crippen LogP contribution in [0.2, 0.25) is 0 Å². The van der Waals surface area contributed by atoms with Crippen molar-refractivity contribution in [2.45, 2.75) is 6.42 Å². The Morgan fingerprint density at radius 3 is 2.32 bits per heavy atom. The van der Waals surface area contributed by atoms with Gasteiger partial charge in [-0.1, -0.05) is 41.7 Å². The summed E-state index contributed by atoms with van der Waals surface area (Å²) in [5.41, 5.74) is 1.45. The molecule has 0 saturated carbocycles. The van der Waals surface area contributed by atoms with Crippen LogP contribution in [-0.2, 0) is 6.42 Å². The van der Waals surface area contributed by atoms with Gasteiger partial charge in [-0.25, -0.2) is 4.39 Å². The van der Waals surface area contributed by atoms with Crippen molar-refractivity contribution in [2.24, 2.45) is 0 Å². The normalized spacial score (nSPS) is 13.1. The van der Waals surface area contributed by atoms with Gasteiger partial charge < -0.3 is 4.90 Å². The van der Waals surface area contributed by atoms with Crippen LogP contribution in [0.1, 0.15) is 31.3 Å². The van der Waals surface area contributed by atoms with Crippen LogP contribution in [0.4, 0.5) is 9.52 Å². The fraction of sp³-hybridized carbons (Fsp3) is 0.200. The van der Waals surface area contributed by atoms with E-state index >= 15 is 0 Å². The zero-order chi connectivity index (χ0) is 19.7. The number of hydrogen-bond acceptors (Lipinski definition) is 6. The Labute approximate surface area is 165 Å². The third kappa shape index (κ3) is 3.38. The predicted octanol–water partition coefficient (Wildman–Crippen LogP) is 3.00. The van der Waals surface area contributed by atoms with Gasteiger partial charge in [0.1, 0.15) is 10.8 Å². The van der Waals surface area contributed by atoms with Crippen LogP contribution in [0.25, 0.3) is 0 Å². The number of halogens is 1. The average molecular weight is 396 g/mol. The van der Waals surface area contributed by atoms with Crippen LogP contribution in [-0.4, -0.2) is 47.0 Å². The van der Waals surface area contributed by atoms with Gasteiger partial charge in [-0.05, 0) is 23.8 Å². The zero-order valence-corrected chi connectivity index (χ0v) is 15.9. The van der Waals surface area contributed by atoms with Crippen molar-refractivity contribution in [3.05, 3.63) is 76.0 Å². The Morgan fingerprint density at radius 1 is 1.00 bits per heavy atom. The van der Waals surface area contributed by atoms with E-state index in [1.165, 1.54) is 22.3 Å². The van der Waals surface area contributed by atoms with Crippen LogP contribution in [0, 0.1) is 5.82 Å². The first-order valence-corrected chi connectivity index (χ1v) is 9.58. The van der Waals surface area contributed by atoms with Gasteiger partial charge in [0, 0.05) is 26.6 Å². The number of anilines is 1. The van der Waals surface area contributed by atoms with Gasteiger partial charge in [0.2, 0.25) is 5.13 Å². The van der Waals surface area contributed by atoms with E-state index < -0.39 is 0 Å². The van der Waals surface area contributed by atoms with Crippen molar-refractivity contribution in [3.63, 3.8) is 0 Å². The highest BCUT2D eigenvalue weighted by Crippen LogP contribution is 2.24. The van der Waals surface area contributed by atoms with E-state index in [1.54, 1.807) is 42.5 Å². The molecule has 0 spiro atoms. The molecule has 0 fully saturated rings. The molecule has 1 aliphatic rings. The number of amides is 2. The van der Waals surface area contributed by atoms with E-state index in [1.807, 2.05) is 11.9 Å². The molecule has 0 bridgehead atoms. The highest BCUT2D eigenvalue weighted by Gasteiger charge is 2.34. The molecule has 0 unspecified atom stereocenters. The lowest BCUT2D eigenvalue weighted by Crippen LogP contribution is -2.37. The van der Waals surface area contributed by atoms with Crippen molar-refractivity contribution in [1.82, 2.24) is 15.1 Å². The van der Waals surface area contributed by atoms with Gasteiger partial charge in [-0.2, -0.15) is 0 Å². The van der Waals surface area contributed by atoms with E-state index in [9.17, 15) is 14.0 Å². The van der Waals surface area contributed by atoms with Crippen molar-refractivity contribution in [2.75, 3.05) is 25.0 Å². The molecule has 2 amide bonds. The summed E-state index contributed by atoms with van der Waals surface area (Å²) in [6.45, 7) is 0.685. The topological polar surface area (TPSA) is 66.4 Å². The monoisotopic (exact) mass is 396 g/mol. The molecule has 0 aliphatic carbocycles. The first-order valence-electron chi connectivity index (χ1n) is 8.76. The minimum absolute atomic E-state index is 0.255. The number of aromatic nitrogens is 2. The minimum Gasteiger partial charge on any atom is -0.348 e. The zero-order valence-electron chi connectivity index (χ0n) is 15.1. The van der Waals surface area contributed by atoms with Gasteiger partial charge in [-0.3, -0.25) is 14.5 Å². The van der Waals surface area contributed by atoms with Gasteiger partial charge >= 0.3 is 0 Å². The molecule has 6 nitrogen and oxygen atoms in total. The number of fused-ring (bicyclic) bond motifs is 1. The van der Waals surface area contributed by atoms with Gasteiger partial charge in [-0.15, -0.1) is 10.2 Å². The SMILES string of the molecule is CN(CCN1C(=O)c2ccccc2C1=O)c1nnc(Cc2ccccc2F)s1. The molecule has 0 radical (unpaired) electrons.